The van der Waals surface area contributed by atoms with Crippen LogP contribution in [0.5, 0.6) is 0 Å². The summed E-state index contributed by atoms with van der Waals surface area (Å²) in [5.41, 5.74) is 6.36. The minimum Gasteiger partial charge on any atom is -0.351 e. The van der Waals surface area contributed by atoms with Crippen LogP contribution in [-0.2, 0) is 17.8 Å². The molecule has 1 aliphatic rings. The number of nitrogens with zero attached hydrogens (tertiary/aromatic N) is 4. The van der Waals surface area contributed by atoms with Gasteiger partial charge in [-0.25, -0.2) is 9.50 Å². The molecule has 3 heterocycles. The van der Waals surface area contributed by atoms with Crippen molar-refractivity contribution in [3.05, 3.63) is 64.6 Å². The van der Waals surface area contributed by atoms with E-state index in [4.69, 9.17) is 10.1 Å². The number of likely N-dealkylation sites (tertiary alicyclic amines) is 1. The van der Waals surface area contributed by atoms with Crippen LogP contribution in [0, 0.1) is 13.8 Å². The van der Waals surface area contributed by atoms with E-state index in [1.165, 1.54) is 5.56 Å². The standard InChI is InChI=1S/C26H35N5O/c1-18-22(11-12-25(32)28-26(3,4)5)19(2)31-24(27-18)15-23(29-31)21-13-14-30(17-21)16-20-9-7-6-8-10-20/h6-10,15,21H,11-14,16-17H2,1-5H3,(H,28,32)/t21-/m1/s1. The van der Waals surface area contributed by atoms with Gasteiger partial charge in [-0.1, -0.05) is 30.3 Å². The summed E-state index contributed by atoms with van der Waals surface area (Å²) in [5, 5.41) is 7.99. The van der Waals surface area contributed by atoms with Gasteiger partial charge in [-0.15, -0.1) is 0 Å². The average molecular weight is 434 g/mol. The lowest BCUT2D eigenvalue weighted by molar-refractivity contribution is -0.122. The van der Waals surface area contributed by atoms with Crippen LogP contribution in [0.2, 0.25) is 0 Å². The Labute approximate surface area is 191 Å². The summed E-state index contributed by atoms with van der Waals surface area (Å²) in [5.74, 6) is 0.503. The maximum atomic E-state index is 12.3. The summed E-state index contributed by atoms with van der Waals surface area (Å²) in [4.78, 5) is 19.6. The Kier molecular flexibility index (Phi) is 6.33. The minimum absolute atomic E-state index is 0.0713. The monoisotopic (exact) mass is 433 g/mol. The summed E-state index contributed by atoms with van der Waals surface area (Å²) in [7, 11) is 0. The molecule has 0 aliphatic carbocycles. The predicted molar refractivity (Wildman–Crippen MR) is 128 cm³/mol. The van der Waals surface area contributed by atoms with Crippen molar-refractivity contribution < 1.29 is 4.79 Å². The van der Waals surface area contributed by atoms with Crippen LogP contribution >= 0.6 is 0 Å². The fourth-order valence-corrected chi connectivity index (χ4v) is 4.68. The van der Waals surface area contributed by atoms with Crippen LogP contribution in [0.15, 0.2) is 36.4 Å². The number of amides is 1. The highest BCUT2D eigenvalue weighted by Gasteiger charge is 2.27. The molecule has 32 heavy (non-hydrogen) atoms. The molecule has 2 aromatic heterocycles. The lowest BCUT2D eigenvalue weighted by Crippen LogP contribution is -2.40. The molecule has 0 radical (unpaired) electrons. The molecule has 6 heteroatoms. The van der Waals surface area contributed by atoms with Crippen molar-refractivity contribution in [1.82, 2.24) is 24.8 Å². The zero-order valence-corrected chi connectivity index (χ0v) is 20.0. The van der Waals surface area contributed by atoms with Crippen LogP contribution < -0.4 is 5.32 Å². The molecule has 0 saturated carbocycles. The van der Waals surface area contributed by atoms with Crippen LogP contribution in [0.25, 0.3) is 5.65 Å². The highest BCUT2D eigenvalue weighted by molar-refractivity contribution is 5.77. The first-order valence-corrected chi connectivity index (χ1v) is 11.6. The highest BCUT2D eigenvalue weighted by atomic mass is 16.1. The van der Waals surface area contributed by atoms with Gasteiger partial charge in [0.05, 0.1) is 5.69 Å². The van der Waals surface area contributed by atoms with Crippen molar-refractivity contribution in [3.8, 4) is 0 Å². The number of aromatic nitrogens is 3. The Hall–Kier alpha value is -2.73. The first-order chi connectivity index (χ1) is 15.2. The molecule has 1 saturated heterocycles. The molecule has 1 aliphatic heterocycles. The van der Waals surface area contributed by atoms with Gasteiger partial charge >= 0.3 is 0 Å². The molecule has 1 atom stereocenters. The largest absolute Gasteiger partial charge is 0.351 e. The van der Waals surface area contributed by atoms with Gasteiger partial charge in [-0.2, -0.15) is 5.10 Å². The molecule has 6 nitrogen and oxygen atoms in total. The summed E-state index contributed by atoms with van der Waals surface area (Å²) < 4.78 is 1.97. The van der Waals surface area contributed by atoms with Crippen molar-refractivity contribution >= 4 is 11.6 Å². The number of hydrogen-bond acceptors (Lipinski definition) is 4. The molecule has 3 aromatic rings. The second kappa shape index (κ2) is 9.02. The Morgan fingerprint density at radius 1 is 1.19 bits per heavy atom. The number of nitrogens with one attached hydrogen (secondary N) is 1. The molecule has 1 amide bonds. The van der Waals surface area contributed by atoms with E-state index in [0.717, 1.165) is 54.3 Å². The average Bonchev–Trinajstić information content (AvgIpc) is 3.34. The second-order valence-corrected chi connectivity index (χ2v) is 10.1. The first kappa shape index (κ1) is 22.5. The van der Waals surface area contributed by atoms with Gasteiger partial charge in [0.1, 0.15) is 0 Å². The lowest BCUT2D eigenvalue weighted by atomic mass is 10.0. The normalized spacial score (nSPS) is 17.2. The summed E-state index contributed by atoms with van der Waals surface area (Å²) in [6, 6.07) is 12.8. The van der Waals surface area contributed by atoms with E-state index in [1.807, 2.05) is 32.2 Å². The first-order valence-electron chi connectivity index (χ1n) is 11.6. The molecular weight excluding hydrogens is 398 g/mol. The smallest absolute Gasteiger partial charge is 0.220 e. The van der Waals surface area contributed by atoms with E-state index in [1.54, 1.807) is 0 Å². The summed E-state index contributed by atoms with van der Waals surface area (Å²) >= 11 is 0. The van der Waals surface area contributed by atoms with Gasteiger partial charge in [0.2, 0.25) is 5.91 Å². The number of benzene rings is 1. The third kappa shape index (κ3) is 5.18. The molecule has 1 N–H and O–H groups in total. The fraction of sp³-hybridized carbons (Fsp3) is 0.500. The Morgan fingerprint density at radius 3 is 2.66 bits per heavy atom. The lowest BCUT2D eigenvalue weighted by Gasteiger charge is -2.20. The molecule has 0 bridgehead atoms. The fourth-order valence-electron chi connectivity index (χ4n) is 4.68. The number of carbonyl (C=O) groups excluding carboxylic acids is 1. The van der Waals surface area contributed by atoms with Gasteiger partial charge in [0.25, 0.3) is 0 Å². The number of aryl methyl sites for hydroxylation is 2. The van der Waals surface area contributed by atoms with Crippen molar-refractivity contribution in [2.45, 2.75) is 71.9 Å². The number of hydrogen-bond donors (Lipinski definition) is 1. The molecular formula is C26H35N5O. The SMILES string of the molecule is Cc1nc2cc([C@@H]3CCN(Cc4ccccc4)C3)nn2c(C)c1CCC(=O)NC(C)(C)C. The second-order valence-electron chi connectivity index (χ2n) is 10.1. The number of rotatable bonds is 6. The van der Waals surface area contributed by atoms with Crippen molar-refractivity contribution in [1.29, 1.82) is 0 Å². The van der Waals surface area contributed by atoms with Crippen molar-refractivity contribution in [2.75, 3.05) is 13.1 Å². The van der Waals surface area contributed by atoms with Crippen LogP contribution in [-0.4, -0.2) is 44.0 Å². The van der Waals surface area contributed by atoms with Crippen LogP contribution in [0.1, 0.15) is 67.7 Å². The van der Waals surface area contributed by atoms with E-state index >= 15 is 0 Å². The van der Waals surface area contributed by atoms with Gasteiger partial charge in [-0.3, -0.25) is 9.69 Å². The Morgan fingerprint density at radius 2 is 1.94 bits per heavy atom. The topological polar surface area (TPSA) is 62.5 Å². The van der Waals surface area contributed by atoms with Crippen LogP contribution in [0.4, 0.5) is 0 Å². The van der Waals surface area contributed by atoms with Crippen LogP contribution in [0.3, 0.4) is 0 Å². The van der Waals surface area contributed by atoms with Gasteiger partial charge in [0, 0.05) is 48.4 Å². The zero-order valence-electron chi connectivity index (χ0n) is 20.0. The van der Waals surface area contributed by atoms with E-state index in [0.29, 0.717) is 18.8 Å². The van der Waals surface area contributed by atoms with Gasteiger partial charge in [0.15, 0.2) is 5.65 Å². The Balaban J connectivity index is 1.47. The molecule has 4 rings (SSSR count). The Bertz CT molecular complexity index is 1100. The summed E-state index contributed by atoms with van der Waals surface area (Å²) in [6.07, 6.45) is 2.25. The van der Waals surface area contributed by atoms with E-state index < -0.39 is 0 Å². The molecule has 1 aromatic carbocycles. The molecule has 0 spiro atoms. The minimum atomic E-state index is -0.212. The quantitative estimate of drug-likeness (QED) is 0.633. The third-order valence-corrected chi connectivity index (χ3v) is 6.24. The maximum Gasteiger partial charge on any atom is 0.220 e. The van der Waals surface area contributed by atoms with E-state index in [9.17, 15) is 4.79 Å². The number of carbonyl (C=O) groups is 1. The van der Waals surface area contributed by atoms with E-state index in [-0.39, 0.29) is 11.4 Å². The maximum absolute atomic E-state index is 12.3. The zero-order chi connectivity index (χ0) is 22.9. The highest BCUT2D eigenvalue weighted by Crippen LogP contribution is 2.29. The number of fused-ring (bicyclic) bond motifs is 1. The van der Waals surface area contributed by atoms with Crippen molar-refractivity contribution in [2.24, 2.45) is 0 Å². The predicted octanol–water partition coefficient (Wildman–Crippen LogP) is 4.18. The third-order valence-electron chi connectivity index (χ3n) is 6.24. The van der Waals surface area contributed by atoms with E-state index in [2.05, 4.69) is 53.5 Å². The van der Waals surface area contributed by atoms with Crippen molar-refractivity contribution in [3.63, 3.8) is 0 Å². The molecule has 0 unspecified atom stereocenters. The molecule has 170 valence electrons. The van der Waals surface area contributed by atoms with Gasteiger partial charge in [-0.05, 0) is 65.1 Å². The van der Waals surface area contributed by atoms with Gasteiger partial charge < -0.3 is 5.32 Å². The summed E-state index contributed by atoms with van der Waals surface area (Å²) in [6.45, 7) is 13.2. The molecule has 1 fully saturated rings.